The summed E-state index contributed by atoms with van der Waals surface area (Å²) in [5.41, 5.74) is 1.24. The number of nitriles is 2. The molecule has 0 heterocycles. The minimum absolute atomic E-state index is 0.619. The van der Waals surface area contributed by atoms with Crippen LogP contribution in [0.15, 0.2) is 51.1 Å². The first-order valence-electron chi connectivity index (χ1n) is 5.39. The molecule has 2 nitrogen and oxygen atoms in total. The molecule has 0 saturated heterocycles. The lowest BCUT2D eigenvalue weighted by Gasteiger charge is -1.98. The number of halogens is 6. The second-order valence-electron chi connectivity index (χ2n) is 3.71. The summed E-state index contributed by atoms with van der Waals surface area (Å²) in [5, 5.41) is 17.3. The van der Waals surface area contributed by atoms with Gasteiger partial charge in [-0.05, 0) is 88.0 Å². The van der Waals surface area contributed by atoms with Gasteiger partial charge < -0.3 is 0 Å². The average molecular weight is 680 g/mol. The summed E-state index contributed by atoms with van der Waals surface area (Å²) >= 11 is 19.7. The van der Waals surface area contributed by atoms with Crippen LogP contribution in [-0.2, 0) is 0 Å². The Morgan fingerprint density at radius 2 is 0.773 bits per heavy atom. The summed E-state index contributed by atoms with van der Waals surface area (Å²) in [5.74, 6) is 0. The van der Waals surface area contributed by atoms with Crippen molar-refractivity contribution in [1.82, 2.24) is 0 Å². The van der Waals surface area contributed by atoms with Crippen LogP contribution in [0.4, 0.5) is 0 Å². The van der Waals surface area contributed by atoms with Crippen molar-refractivity contribution in [3.05, 3.63) is 62.2 Å². The maximum Gasteiger partial charge on any atom is 0.102 e. The van der Waals surface area contributed by atoms with Crippen LogP contribution in [0, 0.1) is 22.7 Å². The number of hydrogen-bond acceptors (Lipinski definition) is 2. The molecule has 0 aliphatic carbocycles. The first-order valence-corrected chi connectivity index (χ1v) is 10.1. The van der Waals surface area contributed by atoms with E-state index in [1.54, 1.807) is 0 Å². The summed E-state index contributed by atoms with van der Waals surface area (Å²) < 4.78 is 5.05. The van der Waals surface area contributed by atoms with Crippen molar-refractivity contribution in [1.29, 1.82) is 10.5 Å². The lowest BCUT2D eigenvalue weighted by molar-refractivity contribution is 1.43. The molecule has 0 fully saturated rings. The smallest absolute Gasteiger partial charge is 0.102 e. The third-order valence-corrected chi connectivity index (χ3v) is 5.65. The molecule has 0 spiro atoms. The molecule has 0 saturated carbocycles. The minimum atomic E-state index is 0.619. The lowest BCUT2D eigenvalue weighted by Crippen LogP contribution is -1.79. The lowest BCUT2D eigenvalue weighted by atomic mass is 10.2. The Morgan fingerprint density at radius 1 is 0.545 bits per heavy atom. The Hall–Kier alpha value is 0.300. The maximum atomic E-state index is 8.66. The molecule has 0 radical (unpaired) electrons. The molecule has 0 amide bonds. The highest BCUT2D eigenvalue weighted by Gasteiger charge is 2.05. The molecule has 8 heteroatoms. The number of benzene rings is 2. The van der Waals surface area contributed by atoms with Gasteiger partial charge in [-0.3, -0.25) is 0 Å². The summed E-state index contributed by atoms with van der Waals surface area (Å²) in [7, 11) is 0. The highest BCUT2D eigenvalue weighted by atomic mass is 79.9. The predicted octanol–water partition coefficient (Wildman–Crippen LogP) is 7.69. The van der Waals surface area contributed by atoms with Gasteiger partial charge in [-0.25, -0.2) is 0 Å². The van der Waals surface area contributed by atoms with Gasteiger partial charge in [-0.1, -0.05) is 31.9 Å². The van der Waals surface area contributed by atoms with Crippen molar-refractivity contribution in [2.24, 2.45) is 0 Å². The Balaban J connectivity index is 0.000000220. The zero-order valence-electron chi connectivity index (χ0n) is 10.5. The van der Waals surface area contributed by atoms with Crippen molar-refractivity contribution >= 4 is 95.6 Å². The van der Waals surface area contributed by atoms with Gasteiger partial charge in [0.1, 0.15) is 12.1 Å². The molecule has 0 aliphatic rings. The quantitative estimate of drug-likeness (QED) is 0.287. The van der Waals surface area contributed by atoms with E-state index in [1.165, 1.54) is 0 Å². The van der Waals surface area contributed by atoms with Crippen LogP contribution in [0.5, 0.6) is 0 Å². The molecular weight excluding hydrogens is 676 g/mol. The van der Waals surface area contributed by atoms with Gasteiger partial charge in [0, 0.05) is 26.8 Å². The molecule has 22 heavy (non-hydrogen) atoms. The average Bonchev–Trinajstić information content (AvgIpc) is 2.38. The normalized spacial score (nSPS) is 9.27. The summed E-state index contributed by atoms with van der Waals surface area (Å²) in [4.78, 5) is 0. The molecule has 0 N–H and O–H groups in total. The largest absolute Gasteiger partial charge is 0.192 e. The van der Waals surface area contributed by atoms with E-state index in [-0.39, 0.29) is 0 Å². The van der Waals surface area contributed by atoms with Crippen LogP contribution >= 0.6 is 95.6 Å². The molecule has 0 atom stereocenters. The van der Waals surface area contributed by atoms with Crippen molar-refractivity contribution in [3.8, 4) is 12.1 Å². The Kier molecular flexibility index (Phi) is 8.84. The van der Waals surface area contributed by atoms with E-state index < -0.39 is 0 Å². The summed E-state index contributed by atoms with van der Waals surface area (Å²) in [6.45, 7) is 0. The molecule has 2 aromatic rings. The van der Waals surface area contributed by atoms with Crippen LogP contribution in [-0.4, -0.2) is 0 Å². The van der Waals surface area contributed by atoms with Gasteiger partial charge in [-0.15, -0.1) is 0 Å². The highest BCUT2D eigenvalue weighted by Crippen LogP contribution is 2.29. The van der Waals surface area contributed by atoms with E-state index >= 15 is 0 Å². The van der Waals surface area contributed by atoms with Gasteiger partial charge in [0.25, 0.3) is 0 Å². The van der Waals surface area contributed by atoms with E-state index in [1.807, 2.05) is 24.3 Å². The van der Waals surface area contributed by atoms with Crippen molar-refractivity contribution in [2.45, 2.75) is 0 Å². The van der Waals surface area contributed by atoms with Gasteiger partial charge in [-0.2, -0.15) is 10.5 Å². The molecule has 0 bridgehead atoms. The topological polar surface area (TPSA) is 47.6 Å². The van der Waals surface area contributed by atoms with E-state index in [9.17, 15) is 0 Å². The molecule has 112 valence electrons. The van der Waals surface area contributed by atoms with E-state index in [2.05, 4.69) is 108 Å². The third-order valence-electron chi connectivity index (χ3n) is 2.24. The SMILES string of the molecule is N#Cc1c(Br)cc(Br)cc1Br.N#Cc1c(Br)cc(Br)cc1Br. The number of hydrogen-bond donors (Lipinski definition) is 0. The van der Waals surface area contributed by atoms with Crippen LogP contribution in [0.1, 0.15) is 11.1 Å². The van der Waals surface area contributed by atoms with Crippen molar-refractivity contribution in [2.75, 3.05) is 0 Å². The van der Waals surface area contributed by atoms with Crippen LogP contribution < -0.4 is 0 Å². The standard InChI is InChI=1S/2C7H2Br3N/c2*8-4-1-6(9)5(3-11)7(10)2-4/h2*1-2H. The van der Waals surface area contributed by atoms with E-state index in [4.69, 9.17) is 10.5 Å². The zero-order chi connectivity index (χ0) is 16.9. The summed E-state index contributed by atoms with van der Waals surface area (Å²) in [6.07, 6.45) is 0. The van der Waals surface area contributed by atoms with Gasteiger partial charge in [0.15, 0.2) is 0 Å². The molecule has 2 rings (SSSR count). The predicted molar refractivity (Wildman–Crippen MR) is 109 cm³/mol. The second-order valence-corrected chi connectivity index (χ2v) is 8.96. The first kappa shape index (κ1) is 20.3. The Bertz CT molecular complexity index is 675. The van der Waals surface area contributed by atoms with Crippen molar-refractivity contribution < 1.29 is 0 Å². The van der Waals surface area contributed by atoms with Crippen LogP contribution in [0.25, 0.3) is 0 Å². The Labute approximate surface area is 178 Å². The van der Waals surface area contributed by atoms with Gasteiger partial charge in [0.05, 0.1) is 11.1 Å². The number of nitrogens with zero attached hydrogens (tertiary/aromatic N) is 2. The highest BCUT2D eigenvalue weighted by molar-refractivity contribution is 9.12. The second kappa shape index (κ2) is 9.56. The fraction of sp³-hybridized carbons (Fsp3) is 0. The minimum Gasteiger partial charge on any atom is -0.192 e. The molecule has 2 aromatic carbocycles. The Morgan fingerprint density at radius 3 is 0.955 bits per heavy atom. The van der Waals surface area contributed by atoms with Crippen LogP contribution in [0.2, 0.25) is 0 Å². The molecule has 0 aromatic heterocycles. The van der Waals surface area contributed by atoms with E-state index in [0.29, 0.717) is 11.1 Å². The number of rotatable bonds is 0. The van der Waals surface area contributed by atoms with Gasteiger partial charge in [0.2, 0.25) is 0 Å². The van der Waals surface area contributed by atoms with Crippen LogP contribution in [0.3, 0.4) is 0 Å². The fourth-order valence-corrected chi connectivity index (χ4v) is 6.17. The zero-order valence-corrected chi connectivity index (χ0v) is 20.0. The summed E-state index contributed by atoms with van der Waals surface area (Å²) in [6, 6.07) is 11.5. The van der Waals surface area contributed by atoms with Crippen molar-refractivity contribution in [3.63, 3.8) is 0 Å². The van der Waals surface area contributed by atoms with E-state index in [0.717, 1.165) is 26.8 Å². The van der Waals surface area contributed by atoms with Gasteiger partial charge >= 0.3 is 0 Å². The molecule has 0 aliphatic heterocycles. The fourth-order valence-electron chi connectivity index (χ4n) is 1.30. The monoisotopic (exact) mass is 674 g/mol. The maximum absolute atomic E-state index is 8.66. The first-order chi connectivity index (χ1) is 10.3. The molecule has 0 unspecified atom stereocenters. The third kappa shape index (κ3) is 5.74. The molecular formula is C14H4Br6N2.